The number of nitrogens with one attached hydrogen (secondary N) is 2. The Kier molecular flexibility index (Phi) is 7.84. The number of aryl methyl sites for hydroxylation is 1. The van der Waals surface area contributed by atoms with Crippen molar-refractivity contribution in [3.63, 3.8) is 0 Å². The molecule has 1 aromatic carbocycles. The highest BCUT2D eigenvalue weighted by molar-refractivity contribution is 7.84. The second kappa shape index (κ2) is 9.65. The predicted molar refractivity (Wildman–Crippen MR) is 110 cm³/mol. The van der Waals surface area contributed by atoms with Crippen LogP contribution in [0.5, 0.6) is 0 Å². The molecule has 146 valence electrons. The Morgan fingerprint density at radius 3 is 2.27 bits per heavy atom. The van der Waals surface area contributed by atoms with Gasteiger partial charge in [-0.3, -0.25) is 4.79 Å². The van der Waals surface area contributed by atoms with Crippen LogP contribution in [0.2, 0.25) is 0 Å². The number of benzene rings is 1. The zero-order chi connectivity index (χ0) is 19.2. The van der Waals surface area contributed by atoms with Gasteiger partial charge in [0.15, 0.2) is 0 Å². The van der Waals surface area contributed by atoms with Crippen LogP contribution in [0.3, 0.4) is 0 Å². The van der Waals surface area contributed by atoms with Crippen molar-refractivity contribution in [1.29, 1.82) is 0 Å². The van der Waals surface area contributed by atoms with Crippen LogP contribution in [0, 0.1) is 5.92 Å². The van der Waals surface area contributed by atoms with Gasteiger partial charge in [-0.25, -0.2) is 8.93 Å². The molecule has 0 spiro atoms. The van der Waals surface area contributed by atoms with Crippen molar-refractivity contribution in [3.8, 4) is 0 Å². The monoisotopic (exact) mass is 378 g/mol. The third kappa shape index (κ3) is 6.51. The van der Waals surface area contributed by atoms with Gasteiger partial charge in [0.2, 0.25) is 5.91 Å². The fourth-order valence-corrected chi connectivity index (χ4v) is 4.07. The van der Waals surface area contributed by atoms with Gasteiger partial charge in [0.1, 0.15) is 0 Å². The molecule has 2 rings (SSSR count). The van der Waals surface area contributed by atoms with E-state index in [0.717, 1.165) is 37.8 Å². The highest BCUT2D eigenvalue weighted by Crippen LogP contribution is 2.27. The first kappa shape index (κ1) is 21.1. The number of anilines is 1. The van der Waals surface area contributed by atoms with Crippen LogP contribution in [0.1, 0.15) is 71.8 Å². The number of rotatable bonds is 7. The first-order valence-corrected chi connectivity index (χ1v) is 11.0. The molecular weight excluding hydrogens is 344 g/mol. The van der Waals surface area contributed by atoms with Gasteiger partial charge in [-0.05, 0) is 77.0 Å². The van der Waals surface area contributed by atoms with Crippen molar-refractivity contribution in [2.24, 2.45) is 5.92 Å². The normalized spacial score (nSPS) is 22.0. The van der Waals surface area contributed by atoms with E-state index in [1.165, 1.54) is 18.4 Å². The van der Waals surface area contributed by atoms with Crippen molar-refractivity contribution in [2.75, 3.05) is 5.32 Å². The molecule has 1 amide bonds. The zero-order valence-corrected chi connectivity index (χ0v) is 17.5. The Hall–Kier alpha value is -1.20. The van der Waals surface area contributed by atoms with Gasteiger partial charge in [0.25, 0.3) is 0 Å². The fourth-order valence-electron chi connectivity index (χ4n) is 3.18. The van der Waals surface area contributed by atoms with Gasteiger partial charge >= 0.3 is 0 Å². The van der Waals surface area contributed by atoms with E-state index in [1.807, 2.05) is 32.9 Å². The first-order valence-electron chi connectivity index (χ1n) is 9.87. The van der Waals surface area contributed by atoms with Crippen molar-refractivity contribution in [2.45, 2.75) is 83.4 Å². The van der Waals surface area contributed by atoms with Gasteiger partial charge in [-0.2, -0.15) is 0 Å². The predicted octanol–water partition coefficient (Wildman–Crippen LogP) is 4.58. The molecule has 4 nitrogen and oxygen atoms in total. The SMILES string of the molecule is CCCCc1ccc(NC(=O)C2CCC(NS(=O)C(C)(C)C)CC2)cc1. The topological polar surface area (TPSA) is 58.2 Å². The average Bonchev–Trinajstić information content (AvgIpc) is 2.61. The van der Waals surface area contributed by atoms with Gasteiger partial charge in [0, 0.05) is 17.6 Å². The molecule has 0 bridgehead atoms. The van der Waals surface area contributed by atoms with Crippen LogP contribution < -0.4 is 10.0 Å². The van der Waals surface area contributed by atoms with Crippen LogP contribution in [0.4, 0.5) is 5.69 Å². The Bertz CT molecular complexity index is 599. The molecule has 1 fully saturated rings. The number of carbonyl (C=O) groups is 1. The van der Waals surface area contributed by atoms with Crippen LogP contribution in [0.25, 0.3) is 0 Å². The molecule has 0 heterocycles. The van der Waals surface area contributed by atoms with Crippen LogP contribution in [0.15, 0.2) is 24.3 Å². The van der Waals surface area contributed by atoms with Crippen molar-refractivity contribution in [3.05, 3.63) is 29.8 Å². The summed E-state index contributed by atoms with van der Waals surface area (Å²) in [5.74, 6) is 0.164. The number of carbonyl (C=O) groups excluding carboxylic acids is 1. The maximum absolute atomic E-state index is 12.5. The highest BCUT2D eigenvalue weighted by atomic mass is 32.2. The van der Waals surface area contributed by atoms with E-state index in [1.54, 1.807) is 0 Å². The molecule has 2 N–H and O–H groups in total. The van der Waals surface area contributed by atoms with Crippen molar-refractivity contribution in [1.82, 2.24) is 4.72 Å². The second-order valence-electron chi connectivity index (χ2n) is 8.34. The number of amides is 1. The van der Waals surface area contributed by atoms with E-state index in [9.17, 15) is 9.00 Å². The van der Waals surface area contributed by atoms with E-state index in [-0.39, 0.29) is 22.6 Å². The van der Waals surface area contributed by atoms with E-state index in [4.69, 9.17) is 0 Å². The first-order chi connectivity index (χ1) is 12.3. The lowest BCUT2D eigenvalue weighted by Gasteiger charge is -2.30. The van der Waals surface area contributed by atoms with Crippen LogP contribution in [-0.2, 0) is 22.2 Å². The fraction of sp³-hybridized carbons (Fsp3) is 0.667. The molecule has 1 aliphatic carbocycles. The Balaban J connectivity index is 1.78. The van der Waals surface area contributed by atoms with Gasteiger partial charge in [0.05, 0.1) is 15.7 Å². The Morgan fingerprint density at radius 1 is 1.12 bits per heavy atom. The molecule has 0 saturated heterocycles. The summed E-state index contributed by atoms with van der Waals surface area (Å²) in [5.41, 5.74) is 2.20. The molecule has 1 aliphatic rings. The molecule has 1 aromatic rings. The summed E-state index contributed by atoms with van der Waals surface area (Å²) in [4.78, 5) is 12.5. The Morgan fingerprint density at radius 2 is 1.73 bits per heavy atom. The van der Waals surface area contributed by atoms with Crippen LogP contribution >= 0.6 is 0 Å². The molecule has 0 aliphatic heterocycles. The van der Waals surface area contributed by atoms with E-state index >= 15 is 0 Å². The summed E-state index contributed by atoms with van der Waals surface area (Å²) >= 11 is 0. The molecular formula is C21H34N2O2S. The summed E-state index contributed by atoms with van der Waals surface area (Å²) in [6.07, 6.45) is 6.98. The average molecular weight is 379 g/mol. The highest BCUT2D eigenvalue weighted by Gasteiger charge is 2.29. The minimum absolute atomic E-state index is 0.0518. The molecule has 1 atom stereocenters. The standard InChI is InChI=1S/C21H34N2O2S/c1-5-6-7-16-8-12-18(13-9-16)22-20(24)17-10-14-19(15-11-17)23-26(25)21(2,3)4/h8-9,12-13,17,19,23H,5-7,10-11,14-15H2,1-4H3,(H,22,24). The number of hydrogen-bond acceptors (Lipinski definition) is 2. The second-order valence-corrected chi connectivity index (χ2v) is 10.3. The molecule has 5 heteroatoms. The van der Waals surface area contributed by atoms with Crippen molar-refractivity contribution < 1.29 is 9.00 Å². The molecule has 26 heavy (non-hydrogen) atoms. The Labute approximate surface area is 161 Å². The smallest absolute Gasteiger partial charge is 0.227 e. The summed E-state index contributed by atoms with van der Waals surface area (Å²) < 4.78 is 15.2. The summed E-state index contributed by atoms with van der Waals surface area (Å²) in [6.45, 7) is 8.12. The lowest BCUT2D eigenvalue weighted by molar-refractivity contribution is -0.120. The summed E-state index contributed by atoms with van der Waals surface area (Å²) in [7, 11) is -1.04. The quantitative estimate of drug-likeness (QED) is 0.730. The molecule has 1 unspecified atom stereocenters. The third-order valence-electron chi connectivity index (χ3n) is 4.97. The van der Waals surface area contributed by atoms with E-state index < -0.39 is 11.0 Å². The number of unbranched alkanes of at least 4 members (excludes halogenated alkanes) is 1. The lowest BCUT2D eigenvalue weighted by Crippen LogP contribution is -2.42. The zero-order valence-electron chi connectivity index (χ0n) is 16.6. The van der Waals surface area contributed by atoms with Gasteiger partial charge in [-0.15, -0.1) is 0 Å². The third-order valence-corrected chi connectivity index (χ3v) is 6.63. The number of hydrogen-bond donors (Lipinski definition) is 2. The van der Waals surface area contributed by atoms with Gasteiger partial charge in [-0.1, -0.05) is 25.5 Å². The minimum Gasteiger partial charge on any atom is -0.326 e. The largest absolute Gasteiger partial charge is 0.326 e. The molecule has 1 saturated carbocycles. The minimum atomic E-state index is -1.04. The van der Waals surface area contributed by atoms with Crippen LogP contribution in [-0.4, -0.2) is 20.9 Å². The summed E-state index contributed by atoms with van der Waals surface area (Å²) in [5, 5.41) is 3.06. The van der Waals surface area contributed by atoms with Gasteiger partial charge < -0.3 is 5.32 Å². The lowest BCUT2D eigenvalue weighted by atomic mass is 9.86. The molecule has 0 radical (unpaired) electrons. The summed E-state index contributed by atoms with van der Waals surface area (Å²) in [6, 6.07) is 8.46. The van der Waals surface area contributed by atoms with E-state index in [2.05, 4.69) is 29.1 Å². The maximum atomic E-state index is 12.5. The van der Waals surface area contributed by atoms with E-state index in [0.29, 0.717) is 0 Å². The van der Waals surface area contributed by atoms with Crippen molar-refractivity contribution >= 4 is 22.6 Å². The maximum Gasteiger partial charge on any atom is 0.227 e. The molecule has 0 aromatic heterocycles.